The molecule has 1 aromatic heterocycles. The number of nitrogens with zero attached hydrogens (tertiary/aromatic N) is 3. The smallest absolute Gasteiger partial charge is 0.251 e. The van der Waals surface area contributed by atoms with Gasteiger partial charge in [0.1, 0.15) is 5.75 Å². The molecule has 2 N–H and O–H groups in total. The van der Waals surface area contributed by atoms with Crippen LogP contribution in [0.2, 0.25) is 0 Å². The quantitative estimate of drug-likeness (QED) is 0.481. The van der Waals surface area contributed by atoms with E-state index in [0.29, 0.717) is 34.5 Å². The largest absolute Gasteiger partial charge is 0.495 e. The molecule has 1 heterocycles. The van der Waals surface area contributed by atoms with E-state index in [0.717, 1.165) is 11.1 Å². The second-order valence-corrected chi connectivity index (χ2v) is 8.18. The minimum atomic E-state index is -0.168. The van der Waals surface area contributed by atoms with E-state index < -0.39 is 0 Å². The number of hydrogen-bond donors (Lipinski definition) is 2. The predicted molar refractivity (Wildman–Crippen MR) is 125 cm³/mol. The number of aryl methyl sites for hydroxylation is 2. The zero-order valence-electron chi connectivity index (χ0n) is 18.6. The number of hydrogen-bond acceptors (Lipinski definition) is 6. The van der Waals surface area contributed by atoms with Gasteiger partial charge in [0.25, 0.3) is 5.91 Å². The summed E-state index contributed by atoms with van der Waals surface area (Å²) < 4.78 is 7.20. The third-order valence-electron chi connectivity index (χ3n) is 4.76. The summed E-state index contributed by atoms with van der Waals surface area (Å²) in [4.78, 5) is 24.9. The van der Waals surface area contributed by atoms with Crippen molar-refractivity contribution in [3.05, 3.63) is 65.0 Å². The van der Waals surface area contributed by atoms with Crippen LogP contribution in [0.25, 0.3) is 0 Å². The first-order chi connectivity index (χ1) is 15.4. The molecule has 2 aromatic carbocycles. The van der Waals surface area contributed by atoms with Crippen molar-refractivity contribution in [1.82, 2.24) is 20.1 Å². The molecule has 0 atom stereocenters. The summed E-state index contributed by atoms with van der Waals surface area (Å²) in [6.45, 7) is 6.74. The molecule has 168 valence electrons. The first kappa shape index (κ1) is 23.3. The molecule has 2 amide bonds. The van der Waals surface area contributed by atoms with Crippen LogP contribution in [0.4, 0.5) is 5.69 Å². The second-order valence-electron chi connectivity index (χ2n) is 7.24. The molecule has 0 fully saturated rings. The van der Waals surface area contributed by atoms with Crippen LogP contribution < -0.4 is 15.4 Å². The predicted octanol–water partition coefficient (Wildman–Crippen LogP) is 3.58. The van der Waals surface area contributed by atoms with Gasteiger partial charge in [-0.15, -0.1) is 10.2 Å². The highest BCUT2D eigenvalue weighted by molar-refractivity contribution is 7.99. The number of ether oxygens (including phenoxy) is 1. The number of carbonyl (C=O) groups excluding carboxylic acids is 2. The molecule has 0 saturated heterocycles. The van der Waals surface area contributed by atoms with Crippen LogP contribution in [-0.4, -0.2) is 39.4 Å². The lowest BCUT2D eigenvalue weighted by Crippen LogP contribution is -2.25. The SMILES string of the molecule is CCn1c(CNC(=O)c2cccc(C)c2)nnc1SCC(=O)Nc1cc(C)ccc1OC. The van der Waals surface area contributed by atoms with Gasteiger partial charge >= 0.3 is 0 Å². The maximum absolute atomic E-state index is 12.5. The van der Waals surface area contributed by atoms with Crippen molar-refractivity contribution in [2.45, 2.75) is 39.0 Å². The number of aromatic nitrogens is 3. The van der Waals surface area contributed by atoms with E-state index in [1.807, 2.05) is 61.7 Å². The van der Waals surface area contributed by atoms with Gasteiger partial charge in [0.05, 0.1) is 25.1 Å². The van der Waals surface area contributed by atoms with Crippen molar-refractivity contribution in [2.24, 2.45) is 0 Å². The van der Waals surface area contributed by atoms with Crippen molar-refractivity contribution < 1.29 is 14.3 Å². The Morgan fingerprint density at radius 2 is 1.88 bits per heavy atom. The summed E-state index contributed by atoms with van der Waals surface area (Å²) in [5.41, 5.74) is 3.28. The summed E-state index contributed by atoms with van der Waals surface area (Å²) >= 11 is 1.29. The maximum Gasteiger partial charge on any atom is 0.251 e. The second kappa shape index (κ2) is 10.8. The molecule has 0 aliphatic carbocycles. The first-order valence-corrected chi connectivity index (χ1v) is 11.2. The molecule has 0 bridgehead atoms. The third-order valence-corrected chi connectivity index (χ3v) is 5.73. The fraction of sp³-hybridized carbons (Fsp3) is 0.304. The van der Waals surface area contributed by atoms with E-state index >= 15 is 0 Å². The monoisotopic (exact) mass is 453 g/mol. The number of benzene rings is 2. The van der Waals surface area contributed by atoms with Crippen LogP contribution in [0, 0.1) is 13.8 Å². The minimum Gasteiger partial charge on any atom is -0.495 e. The minimum absolute atomic E-state index is 0.167. The Morgan fingerprint density at radius 3 is 2.59 bits per heavy atom. The van der Waals surface area contributed by atoms with Crippen LogP contribution in [0.5, 0.6) is 5.75 Å². The number of thioether (sulfide) groups is 1. The number of carbonyl (C=O) groups is 2. The van der Waals surface area contributed by atoms with Crippen LogP contribution >= 0.6 is 11.8 Å². The van der Waals surface area contributed by atoms with Crippen LogP contribution in [0.3, 0.4) is 0 Å². The lowest BCUT2D eigenvalue weighted by Gasteiger charge is -2.11. The summed E-state index contributed by atoms with van der Waals surface area (Å²) in [6.07, 6.45) is 0. The van der Waals surface area contributed by atoms with Crippen molar-refractivity contribution in [3.63, 3.8) is 0 Å². The standard InChI is InChI=1S/C23H27N5O3S/c1-5-28-20(13-24-22(30)17-8-6-7-15(2)11-17)26-27-23(28)32-14-21(29)25-18-12-16(3)9-10-19(18)31-4/h6-12H,5,13-14H2,1-4H3,(H,24,30)(H,25,29). The van der Waals surface area contributed by atoms with E-state index in [1.54, 1.807) is 13.2 Å². The fourth-order valence-corrected chi connectivity index (χ4v) is 3.98. The Hall–Kier alpha value is -3.33. The number of anilines is 1. The summed E-state index contributed by atoms with van der Waals surface area (Å²) in [6, 6.07) is 13.0. The zero-order valence-corrected chi connectivity index (χ0v) is 19.5. The molecule has 3 rings (SSSR count). The van der Waals surface area contributed by atoms with Crippen LogP contribution in [-0.2, 0) is 17.9 Å². The number of nitrogens with one attached hydrogen (secondary N) is 2. The third kappa shape index (κ3) is 5.88. The average Bonchev–Trinajstić information content (AvgIpc) is 3.18. The summed E-state index contributed by atoms with van der Waals surface area (Å²) in [7, 11) is 1.57. The molecule has 0 aliphatic heterocycles. The molecule has 9 heteroatoms. The van der Waals surface area contributed by atoms with Gasteiger partial charge in [0.2, 0.25) is 5.91 Å². The summed E-state index contributed by atoms with van der Waals surface area (Å²) in [5.74, 6) is 1.08. The zero-order chi connectivity index (χ0) is 23.1. The Bertz CT molecular complexity index is 1110. The van der Waals surface area contributed by atoms with E-state index in [9.17, 15) is 9.59 Å². The van der Waals surface area contributed by atoms with Gasteiger partial charge in [0, 0.05) is 12.1 Å². The summed E-state index contributed by atoms with van der Waals surface area (Å²) in [5, 5.41) is 14.8. The Balaban J connectivity index is 1.59. The molecule has 3 aromatic rings. The lowest BCUT2D eigenvalue weighted by molar-refractivity contribution is -0.113. The van der Waals surface area contributed by atoms with Crippen molar-refractivity contribution >= 4 is 29.3 Å². The van der Waals surface area contributed by atoms with Crippen molar-refractivity contribution in [1.29, 1.82) is 0 Å². The van der Waals surface area contributed by atoms with Gasteiger partial charge < -0.3 is 19.9 Å². The van der Waals surface area contributed by atoms with E-state index in [-0.39, 0.29) is 24.1 Å². The molecule has 0 radical (unpaired) electrons. The Kier molecular flexibility index (Phi) is 7.88. The molecule has 0 spiro atoms. The maximum atomic E-state index is 12.5. The Labute approximate surface area is 191 Å². The highest BCUT2D eigenvalue weighted by Crippen LogP contribution is 2.26. The normalized spacial score (nSPS) is 10.6. The molecular weight excluding hydrogens is 426 g/mol. The van der Waals surface area contributed by atoms with E-state index in [1.165, 1.54) is 11.8 Å². The van der Waals surface area contributed by atoms with E-state index in [2.05, 4.69) is 20.8 Å². The van der Waals surface area contributed by atoms with Gasteiger partial charge in [-0.25, -0.2) is 0 Å². The molecule has 32 heavy (non-hydrogen) atoms. The number of amides is 2. The highest BCUT2D eigenvalue weighted by atomic mass is 32.2. The molecular formula is C23H27N5O3S. The molecule has 8 nitrogen and oxygen atoms in total. The molecule has 0 aliphatic rings. The van der Waals surface area contributed by atoms with Gasteiger partial charge in [-0.2, -0.15) is 0 Å². The molecule has 0 unspecified atom stereocenters. The van der Waals surface area contributed by atoms with Gasteiger partial charge in [0.15, 0.2) is 11.0 Å². The van der Waals surface area contributed by atoms with Crippen LogP contribution in [0.15, 0.2) is 47.6 Å². The first-order valence-electron chi connectivity index (χ1n) is 10.3. The number of methoxy groups -OCH3 is 1. The van der Waals surface area contributed by atoms with Crippen molar-refractivity contribution in [3.8, 4) is 5.75 Å². The average molecular weight is 454 g/mol. The van der Waals surface area contributed by atoms with Gasteiger partial charge in [-0.3, -0.25) is 9.59 Å². The topological polar surface area (TPSA) is 98.1 Å². The Morgan fingerprint density at radius 1 is 1.09 bits per heavy atom. The van der Waals surface area contributed by atoms with Crippen molar-refractivity contribution in [2.75, 3.05) is 18.2 Å². The van der Waals surface area contributed by atoms with Gasteiger partial charge in [-0.1, -0.05) is 35.5 Å². The fourth-order valence-electron chi connectivity index (χ4n) is 3.16. The highest BCUT2D eigenvalue weighted by Gasteiger charge is 2.15. The molecule has 0 saturated carbocycles. The van der Waals surface area contributed by atoms with E-state index in [4.69, 9.17) is 4.74 Å². The number of rotatable bonds is 9. The van der Waals surface area contributed by atoms with Crippen LogP contribution in [0.1, 0.15) is 34.2 Å². The lowest BCUT2D eigenvalue weighted by atomic mass is 10.1. The van der Waals surface area contributed by atoms with Gasteiger partial charge in [-0.05, 0) is 50.6 Å².